The Morgan fingerprint density at radius 2 is 1.82 bits per heavy atom. The van der Waals surface area contributed by atoms with Crippen LogP contribution in [-0.4, -0.2) is 25.2 Å². The molecule has 0 aromatic rings. The lowest BCUT2D eigenvalue weighted by molar-refractivity contribution is -0.146. The molecule has 1 fully saturated rings. The third-order valence-corrected chi connectivity index (χ3v) is 3.61. The van der Waals surface area contributed by atoms with Gasteiger partial charge in [-0.15, -0.1) is 0 Å². The topological polar surface area (TPSA) is 38.3 Å². The number of ether oxygens (including phenoxy) is 1. The number of carbonyl (C=O) groups is 1. The minimum atomic E-state index is -0.137. The maximum atomic E-state index is 11.3. The first-order chi connectivity index (χ1) is 8.11. The van der Waals surface area contributed by atoms with Crippen LogP contribution in [0.25, 0.3) is 0 Å². The highest BCUT2D eigenvalue weighted by Crippen LogP contribution is 2.29. The van der Waals surface area contributed by atoms with Crippen molar-refractivity contribution in [3.05, 3.63) is 0 Å². The molecule has 100 valence electrons. The average Bonchev–Trinajstić information content (AvgIpc) is 2.29. The normalized spacial score (nSPS) is 24.9. The molecular formula is C14H27NO2. The molecule has 0 heterocycles. The Labute approximate surface area is 105 Å². The van der Waals surface area contributed by atoms with Crippen LogP contribution in [0.5, 0.6) is 0 Å². The SMILES string of the molecule is CCC1CCC(CNCC(=O)OC(C)C)CC1. The maximum absolute atomic E-state index is 11.3. The summed E-state index contributed by atoms with van der Waals surface area (Å²) in [4.78, 5) is 11.3. The van der Waals surface area contributed by atoms with Crippen LogP contribution >= 0.6 is 0 Å². The number of carbonyl (C=O) groups excluding carboxylic acids is 1. The van der Waals surface area contributed by atoms with Gasteiger partial charge in [0.25, 0.3) is 0 Å². The van der Waals surface area contributed by atoms with Gasteiger partial charge in [-0.05, 0) is 45.1 Å². The molecule has 1 saturated carbocycles. The average molecular weight is 241 g/mol. The molecule has 0 amide bonds. The second kappa shape index (κ2) is 7.70. The van der Waals surface area contributed by atoms with E-state index in [1.807, 2.05) is 13.8 Å². The highest BCUT2D eigenvalue weighted by molar-refractivity contribution is 5.71. The summed E-state index contributed by atoms with van der Waals surface area (Å²) in [5.41, 5.74) is 0. The largest absolute Gasteiger partial charge is 0.462 e. The fourth-order valence-electron chi connectivity index (χ4n) is 2.53. The third kappa shape index (κ3) is 6.06. The molecule has 3 nitrogen and oxygen atoms in total. The van der Waals surface area contributed by atoms with Crippen LogP contribution in [0.2, 0.25) is 0 Å². The lowest BCUT2D eigenvalue weighted by Crippen LogP contribution is -2.32. The quantitative estimate of drug-likeness (QED) is 0.727. The molecule has 3 heteroatoms. The van der Waals surface area contributed by atoms with Crippen molar-refractivity contribution < 1.29 is 9.53 Å². The van der Waals surface area contributed by atoms with Crippen molar-refractivity contribution >= 4 is 5.97 Å². The summed E-state index contributed by atoms with van der Waals surface area (Å²) in [5, 5.41) is 3.22. The van der Waals surface area contributed by atoms with Crippen LogP contribution in [0.3, 0.4) is 0 Å². The summed E-state index contributed by atoms with van der Waals surface area (Å²) in [7, 11) is 0. The number of nitrogens with one attached hydrogen (secondary N) is 1. The van der Waals surface area contributed by atoms with E-state index in [0.29, 0.717) is 6.54 Å². The van der Waals surface area contributed by atoms with Gasteiger partial charge < -0.3 is 10.1 Å². The maximum Gasteiger partial charge on any atom is 0.320 e. The smallest absolute Gasteiger partial charge is 0.320 e. The first kappa shape index (κ1) is 14.5. The standard InChI is InChI=1S/C14H27NO2/c1-4-12-5-7-13(8-6-12)9-15-10-14(16)17-11(2)3/h11-13,15H,4-10H2,1-3H3. The number of hydrogen-bond acceptors (Lipinski definition) is 3. The van der Waals surface area contributed by atoms with E-state index in [4.69, 9.17) is 4.74 Å². The van der Waals surface area contributed by atoms with Crippen molar-refractivity contribution in [2.24, 2.45) is 11.8 Å². The summed E-state index contributed by atoms with van der Waals surface area (Å²) in [5.74, 6) is 1.56. The summed E-state index contributed by atoms with van der Waals surface area (Å²) >= 11 is 0. The van der Waals surface area contributed by atoms with Gasteiger partial charge in [0.2, 0.25) is 0 Å². The Balaban J connectivity index is 2.05. The molecule has 0 aliphatic heterocycles. The fourth-order valence-corrected chi connectivity index (χ4v) is 2.53. The molecule has 1 N–H and O–H groups in total. The van der Waals surface area contributed by atoms with Gasteiger partial charge in [-0.25, -0.2) is 0 Å². The molecule has 1 rings (SSSR count). The first-order valence-electron chi connectivity index (χ1n) is 7.02. The van der Waals surface area contributed by atoms with E-state index in [9.17, 15) is 4.79 Å². The van der Waals surface area contributed by atoms with Crippen LogP contribution in [0.15, 0.2) is 0 Å². The third-order valence-electron chi connectivity index (χ3n) is 3.61. The number of esters is 1. The van der Waals surface area contributed by atoms with Gasteiger partial charge in [-0.1, -0.05) is 26.2 Å². The van der Waals surface area contributed by atoms with Crippen molar-refractivity contribution in [3.8, 4) is 0 Å². The Kier molecular flexibility index (Phi) is 6.56. The summed E-state index contributed by atoms with van der Waals surface area (Å²) in [6.07, 6.45) is 6.65. The lowest BCUT2D eigenvalue weighted by Gasteiger charge is -2.27. The van der Waals surface area contributed by atoms with Crippen LogP contribution in [-0.2, 0) is 9.53 Å². The summed E-state index contributed by atoms with van der Waals surface area (Å²) in [6, 6.07) is 0. The molecule has 0 aromatic carbocycles. The van der Waals surface area contributed by atoms with E-state index < -0.39 is 0 Å². The highest BCUT2D eigenvalue weighted by Gasteiger charge is 2.19. The molecule has 0 spiro atoms. The predicted octanol–water partition coefficient (Wildman–Crippen LogP) is 2.74. The van der Waals surface area contributed by atoms with Gasteiger partial charge in [0, 0.05) is 0 Å². The van der Waals surface area contributed by atoms with Gasteiger partial charge in [0.15, 0.2) is 0 Å². The molecule has 1 aliphatic carbocycles. The van der Waals surface area contributed by atoms with E-state index in [-0.39, 0.29) is 12.1 Å². The second-order valence-corrected chi connectivity index (χ2v) is 5.46. The zero-order valence-corrected chi connectivity index (χ0v) is 11.5. The van der Waals surface area contributed by atoms with E-state index in [2.05, 4.69) is 12.2 Å². The molecule has 1 aliphatic rings. The Morgan fingerprint density at radius 1 is 1.24 bits per heavy atom. The van der Waals surface area contributed by atoms with Crippen molar-refractivity contribution in [1.82, 2.24) is 5.32 Å². The van der Waals surface area contributed by atoms with Crippen LogP contribution in [0.4, 0.5) is 0 Å². The summed E-state index contributed by atoms with van der Waals surface area (Å²) < 4.78 is 5.07. The minimum Gasteiger partial charge on any atom is -0.462 e. The summed E-state index contributed by atoms with van der Waals surface area (Å²) in [6.45, 7) is 7.36. The van der Waals surface area contributed by atoms with Gasteiger partial charge in [-0.3, -0.25) is 4.79 Å². The van der Waals surface area contributed by atoms with E-state index in [0.717, 1.165) is 18.4 Å². The number of rotatable bonds is 6. The zero-order valence-electron chi connectivity index (χ0n) is 11.5. The van der Waals surface area contributed by atoms with Crippen LogP contribution in [0, 0.1) is 11.8 Å². The van der Waals surface area contributed by atoms with Gasteiger partial charge in [-0.2, -0.15) is 0 Å². The molecule has 0 bridgehead atoms. The molecular weight excluding hydrogens is 214 g/mol. The van der Waals surface area contributed by atoms with Crippen molar-refractivity contribution in [1.29, 1.82) is 0 Å². The highest BCUT2D eigenvalue weighted by atomic mass is 16.5. The van der Waals surface area contributed by atoms with Crippen molar-refractivity contribution in [2.45, 2.75) is 59.0 Å². The Morgan fingerprint density at radius 3 is 2.35 bits per heavy atom. The van der Waals surface area contributed by atoms with Crippen molar-refractivity contribution in [2.75, 3.05) is 13.1 Å². The van der Waals surface area contributed by atoms with Crippen LogP contribution < -0.4 is 5.32 Å². The molecule has 0 atom stereocenters. The molecule has 0 saturated heterocycles. The Hall–Kier alpha value is -0.570. The van der Waals surface area contributed by atoms with Gasteiger partial charge in [0.05, 0.1) is 12.6 Å². The van der Waals surface area contributed by atoms with Gasteiger partial charge in [0.1, 0.15) is 0 Å². The molecule has 17 heavy (non-hydrogen) atoms. The Bertz CT molecular complexity index is 220. The number of hydrogen-bond donors (Lipinski definition) is 1. The van der Waals surface area contributed by atoms with Crippen molar-refractivity contribution in [3.63, 3.8) is 0 Å². The van der Waals surface area contributed by atoms with Gasteiger partial charge >= 0.3 is 5.97 Å². The lowest BCUT2D eigenvalue weighted by atomic mass is 9.81. The van der Waals surface area contributed by atoms with Crippen LogP contribution in [0.1, 0.15) is 52.9 Å². The zero-order chi connectivity index (χ0) is 12.7. The second-order valence-electron chi connectivity index (χ2n) is 5.46. The molecule has 0 radical (unpaired) electrons. The molecule has 0 aromatic heterocycles. The van der Waals surface area contributed by atoms with E-state index in [1.165, 1.54) is 32.1 Å². The predicted molar refractivity (Wildman–Crippen MR) is 69.8 cm³/mol. The molecule has 0 unspecified atom stereocenters. The monoisotopic (exact) mass is 241 g/mol. The van der Waals surface area contributed by atoms with E-state index in [1.54, 1.807) is 0 Å². The minimum absolute atomic E-state index is 0.00991. The fraction of sp³-hybridized carbons (Fsp3) is 0.929. The van der Waals surface area contributed by atoms with E-state index >= 15 is 0 Å². The first-order valence-corrected chi connectivity index (χ1v) is 7.02.